The molecule has 0 saturated carbocycles. The predicted octanol–water partition coefficient (Wildman–Crippen LogP) is 3.61. The lowest BCUT2D eigenvalue weighted by atomic mass is 9.95. The van der Waals surface area contributed by atoms with Crippen molar-refractivity contribution in [3.63, 3.8) is 0 Å². The molecule has 2 aromatic rings. The van der Waals surface area contributed by atoms with Crippen LogP contribution in [-0.2, 0) is 9.59 Å². The maximum absolute atomic E-state index is 12.6. The second kappa shape index (κ2) is 6.45. The number of nitrogens with zero attached hydrogens (tertiary/aromatic N) is 2. The molecule has 1 aliphatic rings. The smallest absolute Gasteiger partial charge is 0.294 e. The summed E-state index contributed by atoms with van der Waals surface area (Å²) in [5.74, 6) is -1.40. The van der Waals surface area contributed by atoms with Gasteiger partial charge in [0.2, 0.25) is 0 Å². The Morgan fingerprint density at radius 1 is 1.29 bits per heavy atom. The van der Waals surface area contributed by atoms with Gasteiger partial charge in [0, 0.05) is 29.5 Å². The van der Waals surface area contributed by atoms with E-state index in [-0.39, 0.29) is 17.8 Å². The van der Waals surface area contributed by atoms with Crippen LogP contribution in [0.25, 0.3) is 0 Å². The average molecular weight is 343 g/mol. The summed E-state index contributed by atoms with van der Waals surface area (Å²) in [5, 5.41) is 10.8. The third-order valence-corrected chi connectivity index (χ3v) is 4.17. The highest BCUT2D eigenvalue weighted by atomic mass is 35.5. The first-order valence-electron chi connectivity index (χ1n) is 7.50. The number of ketones is 1. The predicted molar refractivity (Wildman–Crippen MR) is 90.9 cm³/mol. The number of hydrogen-bond acceptors (Lipinski definition) is 4. The summed E-state index contributed by atoms with van der Waals surface area (Å²) in [6.07, 6.45) is 3.36. The number of anilines is 1. The van der Waals surface area contributed by atoms with Crippen molar-refractivity contribution in [2.45, 2.75) is 19.4 Å². The van der Waals surface area contributed by atoms with Gasteiger partial charge < -0.3 is 5.11 Å². The quantitative estimate of drug-likeness (QED) is 0.921. The lowest BCUT2D eigenvalue weighted by molar-refractivity contribution is -0.118. The number of carbonyl (C=O) groups excluding carboxylic acids is 2. The number of hydrogen-bond donors (Lipinski definition) is 1. The number of rotatable bonds is 4. The first-order chi connectivity index (χ1) is 11.5. The maximum atomic E-state index is 12.6. The van der Waals surface area contributed by atoms with E-state index in [2.05, 4.69) is 4.98 Å². The molecule has 6 heteroatoms. The molecule has 0 spiro atoms. The van der Waals surface area contributed by atoms with E-state index in [4.69, 9.17) is 11.6 Å². The molecular formula is C18H15ClN2O3. The third-order valence-electron chi connectivity index (χ3n) is 3.94. The van der Waals surface area contributed by atoms with Crippen molar-refractivity contribution in [1.29, 1.82) is 0 Å². The van der Waals surface area contributed by atoms with E-state index in [1.807, 2.05) is 0 Å². The Balaban J connectivity index is 2.18. The number of pyridine rings is 1. The topological polar surface area (TPSA) is 70.5 Å². The molecule has 2 heterocycles. The third kappa shape index (κ3) is 2.67. The summed E-state index contributed by atoms with van der Waals surface area (Å²) >= 11 is 6.04. The Hall–Kier alpha value is -2.66. The maximum Gasteiger partial charge on any atom is 0.294 e. The normalized spacial score (nSPS) is 17.5. The lowest BCUT2D eigenvalue weighted by Gasteiger charge is -2.26. The van der Waals surface area contributed by atoms with Crippen LogP contribution in [0.5, 0.6) is 0 Å². The zero-order valence-corrected chi connectivity index (χ0v) is 13.7. The molecule has 122 valence electrons. The minimum Gasteiger partial charge on any atom is -0.503 e. The molecule has 1 aliphatic heterocycles. The van der Waals surface area contributed by atoms with Crippen LogP contribution in [0.1, 0.15) is 24.9 Å². The highest BCUT2D eigenvalue weighted by molar-refractivity contribution is 6.31. The molecule has 0 radical (unpaired) electrons. The fourth-order valence-corrected chi connectivity index (χ4v) is 3.02. The van der Waals surface area contributed by atoms with Gasteiger partial charge in [-0.1, -0.05) is 24.6 Å². The van der Waals surface area contributed by atoms with Crippen LogP contribution in [0.4, 0.5) is 5.69 Å². The van der Waals surface area contributed by atoms with Crippen molar-refractivity contribution in [3.05, 3.63) is 70.7 Å². The number of amides is 1. The van der Waals surface area contributed by atoms with Crippen molar-refractivity contribution in [3.8, 4) is 0 Å². The number of Topliss-reactive ketones (excluding diaryl/α,β-unsaturated/α-hetero) is 1. The molecule has 24 heavy (non-hydrogen) atoms. The first kappa shape index (κ1) is 16.2. The van der Waals surface area contributed by atoms with Gasteiger partial charge in [0.1, 0.15) is 0 Å². The molecular weight excluding hydrogens is 328 g/mol. The van der Waals surface area contributed by atoms with Crippen LogP contribution < -0.4 is 4.90 Å². The Bertz CT molecular complexity index is 833. The van der Waals surface area contributed by atoms with Gasteiger partial charge in [0.25, 0.3) is 5.91 Å². The van der Waals surface area contributed by atoms with E-state index in [0.717, 1.165) is 0 Å². The number of aliphatic hydroxyl groups excluding tert-OH is 1. The monoisotopic (exact) mass is 342 g/mol. The van der Waals surface area contributed by atoms with Crippen LogP contribution in [0.15, 0.2) is 60.1 Å². The van der Waals surface area contributed by atoms with Crippen LogP contribution in [0.2, 0.25) is 5.02 Å². The Labute approximate surface area is 144 Å². The van der Waals surface area contributed by atoms with Crippen molar-refractivity contribution >= 4 is 29.0 Å². The minimum absolute atomic E-state index is 0.105. The van der Waals surface area contributed by atoms with Crippen LogP contribution in [-0.4, -0.2) is 21.8 Å². The molecule has 1 aromatic carbocycles. The second-order valence-corrected chi connectivity index (χ2v) is 5.81. The summed E-state index contributed by atoms with van der Waals surface area (Å²) in [4.78, 5) is 30.4. The van der Waals surface area contributed by atoms with Gasteiger partial charge in [-0.15, -0.1) is 0 Å². The second-order valence-electron chi connectivity index (χ2n) is 5.38. The van der Waals surface area contributed by atoms with Crippen LogP contribution >= 0.6 is 11.6 Å². The Kier molecular flexibility index (Phi) is 4.36. The molecule has 3 rings (SSSR count). The Morgan fingerprint density at radius 2 is 2.00 bits per heavy atom. The van der Waals surface area contributed by atoms with Gasteiger partial charge in [-0.25, -0.2) is 0 Å². The SMILES string of the molecule is CCC(=O)C1=C(O)C(=O)N(c2cccc(Cl)c2)C1c1ccncc1. The standard InChI is InChI=1S/C18H15ClN2O3/c1-2-14(22)15-16(11-6-8-20-9-7-11)21(18(24)17(15)23)13-5-3-4-12(19)10-13/h3-10,16,23H,2H2,1H3. The molecule has 0 bridgehead atoms. The molecule has 1 amide bonds. The van der Waals surface area contributed by atoms with E-state index in [1.54, 1.807) is 55.7 Å². The zero-order valence-electron chi connectivity index (χ0n) is 12.9. The summed E-state index contributed by atoms with van der Waals surface area (Å²) < 4.78 is 0. The number of aromatic nitrogens is 1. The largest absolute Gasteiger partial charge is 0.503 e. The summed E-state index contributed by atoms with van der Waals surface area (Å²) in [5.41, 5.74) is 1.31. The molecule has 1 aromatic heterocycles. The summed E-state index contributed by atoms with van der Waals surface area (Å²) in [6, 6.07) is 9.48. The summed E-state index contributed by atoms with van der Waals surface area (Å²) in [7, 11) is 0. The van der Waals surface area contributed by atoms with Crippen molar-refractivity contribution in [1.82, 2.24) is 4.98 Å². The van der Waals surface area contributed by atoms with Gasteiger partial charge in [-0.2, -0.15) is 0 Å². The number of benzene rings is 1. The average Bonchev–Trinajstić information content (AvgIpc) is 2.86. The van der Waals surface area contributed by atoms with Crippen molar-refractivity contribution in [2.24, 2.45) is 0 Å². The van der Waals surface area contributed by atoms with Gasteiger partial charge in [0.05, 0.1) is 11.6 Å². The van der Waals surface area contributed by atoms with E-state index in [9.17, 15) is 14.7 Å². The van der Waals surface area contributed by atoms with Gasteiger partial charge >= 0.3 is 0 Å². The van der Waals surface area contributed by atoms with E-state index < -0.39 is 17.7 Å². The molecule has 1 atom stereocenters. The fraction of sp³-hybridized carbons (Fsp3) is 0.167. The Morgan fingerprint density at radius 3 is 2.62 bits per heavy atom. The van der Waals surface area contributed by atoms with Crippen molar-refractivity contribution < 1.29 is 14.7 Å². The number of carbonyl (C=O) groups is 2. The minimum atomic E-state index is -0.702. The van der Waals surface area contributed by atoms with Crippen molar-refractivity contribution in [2.75, 3.05) is 4.90 Å². The molecule has 5 nitrogen and oxygen atoms in total. The zero-order chi connectivity index (χ0) is 17.3. The lowest BCUT2D eigenvalue weighted by Crippen LogP contribution is -2.31. The highest BCUT2D eigenvalue weighted by Gasteiger charge is 2.43. The summed E-state index contributed by atoms with van der Waals surface area (Å²) in [6.45, 7) is 1.69. The molecule has 0 fully saturated rings. The molecule has 0 aliphatic carbocycles. The molecule has 0 saturated heterocycles. The first-order valence-corrected chi connectivity index (χ1v) is 7.87. The van der Waals surface area contributed by atoms with Crippen LogP contribution in [0.3, 0.4) is 0 Å². The van der Waals surface area contributed by atoms with Gasteiger partial charge in [0.15, 0.2) is 11.5 Å². The highest BCUT2D eigenvalue weighted by Crippen LogP contribution is 2.41. The fourth-order valence-electron chi connectivity index (χ4n) is 2.83. The van der Waals surface area contributed by atoms with Gasteiger partial charge in [-0.3, -0.25) is 19.5 Å². The van der Waals surface area contributed by atoms with E-state index in [0.29, 0.717) is 16.3 Å². The van der Waals surface area contributed by atoms with Gasteiger partial charge in [-0.05, 0) is 35.9 Å². The van der Waals surface area contributed by atoms with E-state index in [1.165, 1.54) is 4.90 Å². The number of aliphatic hydroxyl groups is 1. The molecule has 1 unspecified atom stereocenters. The number of halogens is 1. The van der Waals surface area contributed by atoms with E-state index >= 15 is 0 Å². The van der Waals surface area contributed by atoms with Crippen LogP contribution in [0, 0.1) is 0 Å². The molecule has 1 N–H and O–H groups in total.